The van der Waals surface area contributed by atoms with Crippen LogP contribution in [0.2, 0.25) is 0 Å². The topological polar surface area (TPSA) is 35.2 Å². The van der Waals surface area contributed by atoms with Crippen LogP contribution in [0.5, 0.6) is 0 Å². The van der Waals surface area contributed by atoms with Crippen molar-refractivity contribution < 1.29 is 9.13 Å². The second-order valence-corrected chi connectivity index (χ2v) is 4.35. The van der Waals surface area contributed by atoms with Gasteiger partial charge >= 0.3 is 0 Å². The van der Waals surface area contributed by atoms with E-state index in [2.05, 4.69) is 13.8 Å². The zero-order valence-electron chi connectivity index (χ0n) is 10.0. The van der Waals surface area contributed by atoms with Crippen molar-refractivity contribution in [2.24, 2.45) is 11.7 Å². The number of ether oxygens (including phenoxy) is 1. The summed E-state index contributed by atoms with van der Waals surface area (Å²) in [6.07, 6.45) is 1.02. The zero-order chi connectivity index (χ0) is 12.0. The first-order chi connectivity index (χ1) is 7.63. The van der Waals surface area contributed by atoms with E-state index in [9.17, 15) is 4.39 Å². The maximum atomic E-state index is 13.0. The Balaban J connectivity index is 2.48. The van der Waals surface area contributed by atoms with Gasteiger partial charge in [0.2, 0.25) is 0 Å². The van der Waals surface area contributed by atoms with Crippen molar-refractivity contribution in [1.29, 1.82) is 0 Å². The van der Waals surface area contributed by atoms with Gasteiger partial charge in [-0.05, 0) is 35.6 Å². The molecule has 0 aromatic heterocycles. The van der Waals surface area contributed by atoms with Gasteiger partial charge in [-0.3, -0.25) is 0 Å². The molecule has 16 heavy (non-hydrogen) atoms. The van der Waals surface area contributed by atoms with Crippen LogP contribution in [0, 0.1) is 11.7 Å². The fourth-order valence-electron chi connectivity index (χ4n) is 1.43. The molecule has 0 saturated heterocycles. The van der Waals surface area contributed by atoms with E-state index in [1.54, 1.807) is 6.07 Å². The van der Waals surface area contributed by atoms with Crippen molar-refractivity contribution in [3.05, 3.63) is 35.1 Å². The van der Waals surface area contributed by atoms with E-state index in [4.69, 9.17) is 10.5 Å². The van der Waals surface area contributed by atoms with E-state index in [1.807, 2.05) is 0 Å². The van der Waals surface area contributed by atoms with Crippen molar-refractivity contribution in [3.8, 4) is 0 Å². The minimum absolute atomic E-state index is 0.236. The lowest BCUT2D eigenvalue weighted by atomic mass is 10.1. The molecule has 0 aliphatic rings. The van der Waals surface area contributed by atoms with Crippen molar-refractivity contribution in [1.82, 2.24) is 0 Å². The van der Waals surface area contributed by atoms with Gasteiger partial charge in [0.1, 0.15) is 5.82 Å². The molecule has 0 heterocycles. The lowest BCUT2D eigenvalue weighted by Gasteiger charge is -2.10. The Hall–Kier alpha value is -0.930. The zero-order valence-corrected chi connectivity index (χ0v) is 10.0. The fraction of sp³-hybridized carbons (Fsp3) is 0.538. The molecule has 0 aliphatic heterocycles. The van der Waals surface area contributed by atoms with E-state index in [0.717, 1.165) is 17.5 Å². The van der Waals surface area contributed by atoms with Crippen LogP contribution >= 0.6 is 0 Å². The molecule has 0 aliphatic carbocycles. The van der Waals surface area contributed by atoms with E-state index < -0.39 is 0 Å². The molecule has 1 aromatic rings. The molecule has 1 aromatic carbocycles. The van der Waals surface area contributed by atoms with Gasteiger partial charge in [-0.1, -0.05) is 19.9 Å². The Bertz CT molecular complexity index is 326. The number of rotatable bonds is 6. The second-order valence-electron chi connectivity index (χ2n) is 4.35. The molecule has 0 unspecified atom stereocenters. The van der Waals surface area contributed by atoms with Gasteiger partial charge in [-0.2, -0.15) is 0 Å². The summed E-state index contributed by atoms with van der Waals surface area (Å²) in [5.41, 5.74) is 7.38. The first-order valence-corrected chi connectivity index (χ1v) is 5.68. The van der Waals surface area contributed by atoms with Gasteiger partial charge in [0.25, 0.3) is 0 Å². The quantitative estimate of drug-likeness (QED) is 0.755. The average molecular weight is 225 g/mol. The molecular weight excluding hydrogens is 205 g/mol. The molecule has 2 N–H and O–H groups in total. The van der Waals surface area contributed by atoms with Gasteiger partial charge in [0.05, 0.1) is 6.61 Å². The first-order valence-electron chi connectivity index (χ1n) is 5.68. The number of halogens is 1. The van der Waals surface area contributed by atoms with Crippen LogP contribution in [0.1, 0.15) is 31.4 Å². The largest absolute Gasteiger partial charge is 0.377 e. The molecule has 0 spiro atoms. The van der Waals surface area contributed by atoms with Gasteiger partial charge in [0.15, 0.2) is 0 Å². The molecule has 3 heteroatoms. The van der Waals surface area contributed by atoms with Gasteiger partial charge < -0.3 is 10.5 Å². The third-order valence-electron chi connectivity index (χ3n) is 2.49. The molecule has 0 amide bonds. The normalized spacial score (nSPS) is 11.1. The molecule has 0 radical (unpaired) electrons. The molecular formula is C13H20FNO. The summed E-state index contributed by atoms with van der Waals surface area (Å²) in [6.45, 7) is 5.87. The summed E-state index contributed by atoms with van der Waals surface area (Å²) >= 11 is 0. The molecule has 0 fully saturated rings. The number of benzene rings is 1. The summed E-state index contributed by atoms with van der Waals surface area (Å²) in [4.78, 5) is 0. The van der Waals surface area contributed by atoms with Gasteiger partial charge in [-0.15, -0.1) is 0 Å². The van der Waals surface area contributed by atoms with Crippen LogP contribution < -0.4 is 5.73 Å². The monoisotopic (exact) mass is 225 g/mol. The third-order valence-corrected chi connectivity index (χ3v) is 2.49. The maximum absolute atomic E-state index is 13.0. The SMILES string of the molecule is CC(C)CCOCc1cc(F)ccc1CN. The lowest BCUT2D eigenvalue weighted by molar-refractivity contribution is 0.110. The van der Waals surface area contributed by atoms with Crippen molar-refractivity contribution in [2.45, 2.75) is 33.4 Å². The van der Waals surface area contributed by atoms with E-state index in [-0.39, 0.29) is 5.82 Å². The van der Waals surface area contributed by atoms with E-state index in [1.165, 1.54) is 12.1 Å². The van der Waals surface area contributed by atoms with E-state index >= 15 is 0 Å². The summed E-state index contributed by atoms with van der Waals surface area (Å²) < 4.78 is 18.5. The standard InChI is InChI=1S/C13H20FNO/c1-10(2)5-6-16-9-12-7-13(14)4-3-11(12)8-15/h3-4,7,10H,5-6,8-9,15H2,1-2H3. The summed E-state index contributed by atoms with van der Waals surface area (Å²) in [7, 11) is 0. The van der Waals surface area contributed by atoms with Crippen LogP contribution in [-0.4, -0.2) is 6.61 Å². The molecule has 0 saturated carbocycles. The Morgan fingerprint density at radius 3 is 2.69 bits per heavy atom. The Kier molecular flexibility index (Phi) is 5.43. The smallest absolute Gasteiger partial charge is 0.123 e. The molecule has 0 bridgehead atoms. The number of hydrogen-bond acceptors (Lipinski definition) is 2. The third kappa shape index (κ3) is 4.29. The van der Waals surface area contributed by atoms with E-state index in [0.29, 0.717) is 25.7 Å². The van der Waals surface area contributed by atoms with Gasteiger partial charge in [0, 0.05) is 13.2 Å². The number of nitrogens with two attached hydrogens (primary N) is 1. The Morgan fingerprint density at radius 1 is 1.31 bits per heavy atom. The van der Waals surface area contributed by atoms with Crippen LogP contribution in [0.4, 0.5) is 4.39 Å². The Morgan fingerprint density at radius 2 is 2.06 bits per heavy atom. The Labute approximate surface area is 96.6 Å². The summed E-state index contributed by atoms with van der Waals surface area (Å²) in [6, 6.07) is 4.65. The van der Waals surface area contributed by atoms with Crippen LogP contribution in [-0.2, 0) is 17.9 Å². The second kappa shape index (κ2) is 6.61. The summed E-state index contributed by atoms with van der Waals surface area (Å²) in [5, 5.41) is 0. The molecule has 90 valence electrons. The highest BCUT2D eigenvalue weighted by Gasteiger charge is 2.03. The van der Waals surface area contributed by atoms with Crippen LogP contribution in [0.3, 0.4) is 0 Å². The molecule has 2 nitrogen and oxygen atoms in total. The minimum atomic E-state index is -0.236. The average Bonchev–Trinajstić information content (AvgIpc) is 2.24. The lowest BCUT2D eigenvalue weighted by Crippen LogP contribution is -2.05. The highest BCUT2D eigenvalue weighted by atomic mass is 19.1. The first kappa shape index (κ1) is 13.1. The summed E-state index contributed by atoms with van der Waals surface area (Å²) in [5.74, 6) is 0.390. The van der Waals surface area contributed by atoms with Crippen LogP contribution in [0.15, 0.2) is 18.2 Å². The maximum Gasteiger partial charge on any atom is 0.123 e. The molecule has 0 atom stereocenters. The number of hydrogen-bond donors (Lipinski definition) is 1. The van der Waals surface area contributed by atoms with Crippen molar-refractivity contribution in [3.63, 3.8) is 0 Å². The predicted octanol–water partition coefficient (Wildman–Crippen LogP) is 2.85. The highest BCUT2D eigenvalue weighted by Crippen LogP contribution is 2.12. The fourth-order valence-corrected chi connectivity index (χ4v) is 1.43. The minimum Gasteiger partial charge on any atom is -0.377 e. The highest BCUT2D eigenvalue weighted by molar-refractivity contribution is 5.27. The van der Waals surface area contributed by atoms with Crippen molar-refractivity contribution in [2.75, 3.05) is 6.61 Å². The van der Waals surface area contributed by atoms with Crippen molar-refractivity contribution >= 4 is 0 Å². The predicted molar refractivity (Wildman–Crippen MR) is 63.4 cm³/mol. The molecule has 1 rings (SSSR count). The van der Waals surface area contributed by atoms with Gasteiger partial charge in [-0.25, -0.2) is 4.39 Å². The van der Waals surface area contributed by atoms with Crippen LogP contribution in [0.25, 0.3) is 0 Å².